The van der Waals surface area contributed by atoms with Gasteiger partial charge in [-0.25, -0.2) is 5.06 Å². The Balaban J connectivity index is 1.78. The molecule has 0 aliphatic carbocycles. The number of hydroxylamine groups is 2. The first kappa shape index (κ1) is 23.5. The first-order valence-corrected chi connectivity index (χ1v) is 10.6. The second-order valence-corrected chi connectivity index (χ2v) is 8.45. The van der Waals surface area contributed by atoms with Crippen molar-refractivity contribution < 1.29 is 43.4 Å². The van der Waals surface area contributed by atoms with E-state index in [1.165, 1.54) is 18.9 Å². The van der Waals surface area contributed by atoms with E-state index in [-0.39, 0.29) is 25.4 Å². The van der Waals surface area contributed by atoms with E-state index in [2.05, 4.69) is 0 Å². The fourth-order valence-corrected chi connectivity index (χ4v) is 5.18. The average Bonchev–Trinajstić information content (AvgIpc) is 2.79. The number of β-lactam (4-membered cyclic amide) rings is 1. The summed E-state index contributed by atoms with van der Waals surface area (Å²) in [6, 6.07) is 7.24. The number of thioether (sulfide) groups is 1. The molecule has 1 aromatic carbocycles. The first-order valence-electron chi connectivity index (χ1n) is 9.56. The maximum absolute atomic E-state index is 13.1. The highest BCUT2D eigenvalue weighted by Gasteiger charge is 2.61. The van der Waals surface area contributed by atoms with Crippen LogP contribution in [-0.4, -0.2) is 82.7 Å². The summed E-state index contributed by atoms with van der Waals surface area (Å²) in [6.07, 6.45) is -1.31. The number of benzene rings is 1. The monoisotopic (exact) mass is 466 g/mol. The summed E-state index contributed by atoms with van der Waals surface area (Å²) in [5, 5.41) is 9.99. The topological polar surface area (TPSA) is 140 Å². The number of ether oxygens (including phenoxy) is 2. The van der Waals surface area contributed by atoms with Gasteiger partial charge in [-0.15, -0.1) is 11.8 Å². The molecule has 2 saturated heterocycles. The van der Waals surface area contributed by atoms with Crippen molar-refractivity contribution in [1.29, 1.82) is 0 Å². The molecule has 3 unspecified atom stereocenters. The van der Waals surface area contributed by atoms with E-state index < -0.39 is 46.7 Å². The fourth-order valence-electron chi connectivity index (χ4n) is 3.62. The molecule has 2 aliphatic rings. The van der Waals surface area contributed by atoms with Gasteiger partial charge in [-0.3, -0.25) is 28.8 Å². The number of carboxylic acid groups (broad SMARTS) is 1. The number of fused-ring (bicyclic) bond motifs is 1. The lowest BCUT2D eigenvalue weighted by Crippen LogP contribution is -2.74. The zero-order valence-corrected chi connectivity index (χ0v) is 18.1. The van der Waals surface area contributed by atoms with Crippen LogP contribution in [0.3, 0.4) is 0 Å². The third-order valence-electron chi connectivity index (χ3n) is 5.31. The third-order valence-corrected chi connectivity index (χ3v) is 6.88. The predicted molar refractivity (Wildman–Crippen MR) is 109 cm³/mol. The molecular formula is C20H22N2O9S. The zero-order valence-electron chi connectivity index (χ0n) is 17.3. The lowest BCUT2D eigenvalue weighted by molar-refractivity contribution is -0.219. The standard InChI is InChI=1S/C20H22N2O9S/c1-12(24)30-9-20(19(27)28)8-21-16(25)14(18(21)32-10-20)22(29-2)17(26)15(31-11-23)13-6-4-3-5-7-13/h3-7,11,14-15,18H,8-10H2,1-2H3,(H,27,28)/t14?,15?,18-,20?/m1/s1. The van der Waals surface area contributed by atoms with Gasteiger partial charge in [0.15, 0.2) is 6.04 Å². The highest BCUT2D eigenvalue weighted by Crippen LogP contribution is 2.44. The molecule has 0 aromatic heterocycles. The zero-order chi connectivity index (χ0) is 23.5. The number of nitrogens with zero attached hydrogens (tertiary/aromatic N) is 2. The quantitative estimate of drug-likeness (QED) is 0.232. The minimum absolute atomic E-state index is 0.0548. The number of esters is 1. The number of carbonyl (C=O) groups is 5. The summed E-state index contributed by atoms with van der Waals surface area (Å²) < 4.78 is 9.89. The van der Waals surface area contributed by atoms with Gasteiger partial charge in [-0.05, 0) is 0 Å². The molecule has 1 N–H and O–H groups in total. The number of aliphatic carboxylic acids is 1. The van der Waals surface area contributed by atoms with Crippen molar-refractivity contribution in [1.82, 2.24) is 9.96 Å². The summed E-state index contributed by atoms with van der Waals surface area (Å²) in [6.45, 7) is 0.763. The van der Waals surface area contributed by atoms with Crippen molar-refractivity contribution in [2.45, 2.75) is 24.4 Å². The van der Waals surface area contributed by atoms with Gasteiger partial charge in [-0.1, -0.05) is 30.3 Å². The van der Waals surface area contributed by atoms with Crippen LogP contribution in [0.1, 0.15) is 18.6 Å². The molecule has 1 aromatic rings. The second-order valence-electron chi connectivity index (χ2n) is 7.35. The molecule has 4 atom stereocenters. The molecule has 172 valence electrons. The van der Waals surface area contributed by atoms with Crippen molar-refractivity contribution >= 4 is 42.0 Å². The Kier molecular flexibility index (Phi) is 7.04. The molecule has 12 heteroatoms. The number of hydrogen-bond donors (Lipinski definition) is 1. The lowest BCUT2D eigenvalue weighted by atomic mass is 9.88. The van der Waals surface area contributed by atoms with Gasteiger partial charge in [0.05, 0.1) is 7.11 Å². The molecule has 3 rings (SSSR count). The molecule has 2 aliphatic heterocycles. The maximum Gasteiger partial charge on any atom is 0.315 e. The molecule has 0 spiro atoms. The highest BCUT2D eigenvalue weighted by atomic mass is 32.2. The molecule has 0 saturated carbocycles. The molecular weight excluding hydrogens is 444 g/mol. The van der Waals surface area contributed by atoms with Gasteiger partial charge in [-0.2, -0.15) is 0 Å². The van der Waals surface area contributed by atoms with E-state index in [4.69, 9.17) is 14.3 Å². The van der Waals surface area contributed by atoms with Crippen LogP contribution >= 0.6 is 11.8 Å². The Morgan fingerprint density at radius 1 is 1.34 bits per heavy atom. The van der Waals surface area contributed by atoms with E-state index in [0.29, 0.717) is 5.56 Å². The largest absolute Gasteiger partial charge is 0.481 e. The minimum Gasteiger partial charge on any atom is -0.481 e. The Morgan fingerprint density at radius 2 is 2.03 bits per heavy atom. The fraction of sp³-hybridized carbons (Fsp3) is 0.450. The number of carbonyl (C=O) groups excluding carboxylic acids is 4. The SMILES string of the molecule is CON(C(=O)C(OC=O)c1ccccc1)C1C(=O)N2CC(COC(C)=O)(C(=O)O)CS[C@H]12. The van der Waals surface area contributed by atoms with Gasteiger partial charge in [0.1, 0.15) is 17.4 Å². The average molecular weight is 466 g/mol. The van der Waals surface area contributed by atoms with Crippen molar-refractivity contribution in [2.75, 3.05) is 26.0 Å². The van der Waals surface area contributed by atoms with Gasteiger partial charge < -0.3 is 19.5 Å². The maximum atomic E-state index is 13.1. The summed E-state index contributed by atoms with van der Waals surface area (Å²) in [5.74, 6) is -3.03. The van der Waals surface area contributed by atoms with Crippen LogP contribution in [0.4, 0.5) is 0 Å². The number of hydrogen-bond acceptors (Lipinski definition) is 9. The van der Waals surface area contributed by atoms with Gasteiger partial charge in [0.2, 0.25) is 6.10 Å². The second kappa shape index (κ2) is 9.57. The Labute approximate surface area is 187 Å². The van der Waals surface area contributed by atoms with Gasteiger partial charge >= 0.3 is 11.9 Å². The van der Waals surface area contributed by atoms with E-state index >= 15 is 0 Å². The highest BCUT2D eigenvalue weighted by molar-refractivity contribution is 8.00. The minimum atomic E-state index is -1.46. The van der Waals surface area contributed by atoms with Crippen LogP contribution < -0.4 is 0 Å². The predicted octanol–water partition coefficient (Wildman–Crippen LogP) is 0.208. The van der Waals surface area contributed by atoms with E-state index in [9.17, 15) is 29.1 Å². The van der Waals surface area contributed by atoms with Crippen LogP contribution in [0.25, 0.3) is 0 Å². The Hall–Kier alpha value is -3.12. The normalized spacial score (nSPS) is 25.1. The summed E-state index contributed by atoms with van der Waals surface area (Å²) in [5.41, 5.74) is -1.05. The molecule has 32 heavy (non-hydrogen) atoms. The van der Waals surface area contributed by atoms with E-state index in [1.807, 2.05) is 0 Å². The lowest BCUT2D eigenvalue weighted by Gasteiger charge is -2.55. The van der Waals surface area contributed by atoms with Crippen LogP contribution in [0.5, 0.6) is 0 Å². The van der Waals surface area contributed by atoms with Gasteiger partial charge in [0.25, 0.3) is 18.3 Å². The molecule has 2 heterocycles. The van der Waals surface area contributed by atoms with Crippen molar-refractivity contribution in [3.8, 4) is 0 Å². The molecule has 0 radical (unpaired) electrons. The van der Waals surface area contributed by atoms with Crippen LogP contribution in [-0.2, 0) is 38.3 Å². The van der Waals surface area contributed by atoms with Crippen LogP contribution in [0.15, 0.2) is 30.3 Å². The third kappa shape index (κ3) is 4.28. The van der Waals surface area contributed by atoms with E-state index in [0.717, 1.165) is 16.8 Å². The summed E-state index contributed by atoms with van der Waals surface area (Å²) in [7, 11) is 1.21. The molecule has 2 amide bonds. The van der Waals surface area contributed by atoms with Gasteiger partial charge in [0, 0.05) is 24.8 Å². The van der Waals surface area contributed by atoms with Crippen molar-refractivity contribution in [3.63, 3.8) is 0 Å². The van der Waals surface area contributed by atoms with Crippen LogP contribution in [0.2, 0.25) is 0 Å². The van der Waals surface area contributed by atoms with Crippen molar-refractivity contribution in [3.05, 3.63) is 35.9 Å². The molecule has 0 bridgehead atoms. The van der Waals surface area contributed by atoms with E-state index in [1.54, 1.807) is 30.3 Å². The van der Waals surface area contributed by atoms with Crippen molar-refractivity contribution in [2.24, 2.45) is 5.41 Å². The first-order chi connectivity index (χ1) is 15.3. The Bertz CT molecular complexity index is 912. The smallest absolute Gasteiger partial charge is 0.315 e. The number of rotatable bonds is 9. The number of carboxylic acids is 1. The summed E-state index contributed by atoms with van der Waals surface area (Å²) >= 11 is 1.14. The summed E-state index contributed by atoms with van der Waals surface area (Å²) in [4.78, 5) is 66.6. The Morgan fingerprint density at radius 3 is 2.59 bits per heavy atom. The molecule has 2 fully saturated rings. The van der Waals surface area contributed by atoms with Crippen LogP contribution in [0, 0.1) is 5.41 Å². The number of amides is 2. The molecule has 11 nitrogen and oxygen atoms in total.